The number of pyridine rings is 1. The standard InChI is InChI=1S/C18H18N2O5/c1-19-9-12(8-7-11-5-3-2-4-6-11)20-10-13(18(24)25)15(21)16(22)14(20)17(19)23/h2-6,10,12,22H,7-9H2,1H3,(H,24,25). The topological polar surface area (TPSA) is 99.8 Å². The third-order valence-corrected chi connectivity index (χ3v) is 4.48. The quantitative estimate of drug-likeness (QED) is 0.877. The fourth-order valence-electron chi connectivity index (χ4n) is 3.15. The molecule has 0 saturated carbocycles. The summed E-state index contributed by atoms with van der Waals surface area (Å²) in [5.41, 5.74) is -0.610. The number of carboxylic acids is 1. The average Bonchev–Trinajstić information content (AvgIpc) is 2.60. The van der Waals surface area contributed by atoms with E-state index in [1.807, 2.05) is 30.3 Å². The summed E-state index contributed by atoms with van der Waals surface area (Å²) in [6.07, 6.45) is 2.53. The highest BCUT2D eigenvalue weighted by Gasteiger charge is 2.33. The van der Waals surface area contributed by atoms with Gasteiger partial charge in [0.1, 0.15) is 5.56 Å². The second-order valence-electron chi connectivity index (χ2n) is 6.15. The number of rotatable bonds is 4. The van der Waals surface area contributed by atoms with Crippen molar-refractivity contribution in [1.82, 2.24) is 9.47 Å². The van der Waals surface area contributed by atoms with Gasteiger partial charge in [-0.1, -0.05) is 30.3 Å². The molecule has 2 heterocycles. The Morgan fingerprint density at radius 3 is 2.56 bits per heavy atom. The maximum absolute atomic E-state index is 12.3. The second kappa shape index (κ2) is 6.43. The van der Waals surface area contributed by atoms with E-state index in [2.05, 4.69) is 0 Å². The Labute approximate surface area is 143 Å². The van der Waals surface area contributed by atoms with Gasteiger partial charge in [-0.25, -0.2) is 4.79 Å². The number of benzene rings is 1. The monoisotopic (exact) mass is 342 g/mol. The SMILES string of the molecule is CN1CC(CCc2ccccc2)n2cc(C(=O)O)c(=O)c(O)c2C1=O. The Balaban J connectivity index is 2.03. The number of aromatic nitrogens is 1. The van der Waals surface area contributed by atoms with E-state index in [0.29, 0.717) is 13.0 Å². The van der Waals surface area contributed by atoms with Crippen molar-refractivity contribution in [2.45, 2.75) is 18.9 Å². The van der Waals surface area contributed by atoms with Gasteiger partial charge in [-0.05, 0) is 18.4 Å². The molecule has 0 fully saturated rings. The molecule has 2 aromatic rings. The minimum atomic E-state index is -1.43. The number of aromatic carboxylic acids is 1. The van der Waals surface area contributed by atoms with Crippen LogP contribution in [-0.2, 0) is 6.42 Å². The highest BCUT2D eigenvalue weighted by Crippen LogP contribution is 2.28. The van der Waals surface area contributed by atoms with Crippen LogP contribution >= 0.6 is 0 Å². The summed E-state index contributed by atoms with van der Waals surface area (Å²) in [4.78, 5) is 37.1. The van der Waals surface area contributed by atoms with Crippen LogP contribution in [0.4, 0.5) is 0 Å². The first-order valence-electron chi connectivity index (χ1n) is 7.91. The molecule has 1 aromatic heterocycles. The van der Waals surface area contributed by atoms with Gasteiger partial charge in [-0.3, -0.25) is 9.59 Å². The molecule has 1 atom stereocenters. The van der Waals surface area contributed by atoms with E-state index in [4.69, 9.17) is 0 Å². The highest BCUT2D eigenvalue weighted by atomic mass is 16.4. The Morgan fingerprint density at radius 2 is 1.92 bits per heavy atom. The van der Waals surface area contributed by atoms with Gasteiger partial charge in [-0.2, -0.15) is 0 Å². The minimum absolute atomic E-state index is 0.151. The first-order chi connectivity index (χ1) is 11.9. The zero-order valence-electron chi connectivity index (χ0n) is 13.7. The number of hydrogen-bond donors (Lipinski definition) is 2. The Morgan fingerprint density at radius 1 is 1.24 bits per heavy atom. The molecule has 0 bridgehead atoms. The molecule has 3 rings (SSSR count). The fourth-order valence-corrected chi connectivity index (χ4v) is 3.15. The van der Waals surface area contributed by atoms with Gasteiger partial charge in [0.05, 0.1) is 6.04 Å². The molecule has 25 heavy (non-hydrogen) atoms. The van der Waals surface area contributed by atoms with E-state index in [0.717, 1.165) is 12.0 Å². The van der Waals surface area contributed by atoms with Crippen molar-refractivity contribution in [1.29, 1.82) is 0 Å². The minimum Gasteiger partial charge on any atom is -0.503 e. The van der Waals surface area contributed by atoms with Crippen molar-refractivity contribution in [2.24, 2.45) is 0 Å². The molecular formula is C18H18N2O5. The van der Waals surface area contributed by atoms with Crippen LogP contribution in [0.3, 0.4) is 0 Å². The van der Waals surface area contributed by atoms with Crippen LogP contribution < -0.4 is 5.43 Å². The number of nitrogens with zero attached hydrogens (tertiary/aromatic N) is 2. The van der Waals surface area contributed by atoms with Gasteiger partial charge >= 0.3 is 5.97 Å². The summed E-state index contributed by atoms with van der Waals surface area (Å²) in [6.45, 7) is 0.375. The number of hydrogen-bond acceptors (Lipinski definition) is 4. The average molecular weight is 342 g/mol. The molecule has 0 aliphatic carbocycles. The van der Waals surface area contributed by atoms with E-state index < -0.39 is 28.6 Å². The normalized spacial score (nSPS) is 16.6. The molecule has 0 saturated heterocycles. The zero-order chi connectivity index (χ0) is 18.1. The molecule has 7 nitrogen and oxygen atoms in total. The molecule has 7 heteroatoms. The van der Waals surface area contributed by atoms with Crippen LogP contribution in [-0.4, -0.2) is 45.1 Å². The first-order valence-corrected chi connectivity index (χ1v) is 7.91. The van der Waals surface area contributed by atoms with E-state index in [-0.39, 0.29) is 11.7 Å². The number of carboxylic acid groups (broad SMARTS) is 1. The van der Waals surface area contributed by atoms with Crippen molar-refractivity contribution >= 4 is 11.9 Å². The number of carbonyl (C=O) groups excluding carboxylic acids is 1. The van der Waals surface area contributed by atoms with Crippen LogP contribution in [0.25, 0.3) is 0 Å². The largest absolute Gasteiger partial charge is 0.503 e. The molecule has 1 aliphatic rings. The maximum atomic E-state index is 12.3. The third kappa shape index (κ3) is 3.00. The molecule has 0 radical (unpaired) electrons. The van der Waals surface area contributed by atoms with E-state index in [1.54, 1.807) is 7.05 Å². The first kappa shape index (κ1) is 16.8. The number of fused-ring (bicyclic) bond motifs is 1. The number of aromatic hydroxyl groups is 1. The Hall–Kier alpha value is -3.09. The number of amides is 1. The lowest BCUT2D eigenvalue weighted by molar-refractivity contribution is 0.0672. The maximum Gasteiger partial charge on any atom is 0.341 e. The molecule has 1 unspecified atom stereocenters. The van der Waals surface area contributed by atoms with Crippen LogP contribution in [0.15, 0.2) is 41.3 Å². The van der Waals surface area contributed by atoms with Gasteiger partial charge in [0.25, 0.3) is 5.91 Å². The predicted octanol–water partition coefficient (Wildman–Crippen LogP) is 1.51. The van der Waals surface area contributed by atoms with Crippen LogP contribution in [0, 0.1) is 0 Å². The van der Waals surface area contributed by atoms with E-state index in [1.165, 1.54) is 15.7 Å². The summed E-state index contributed by atoms with van der Waals surface area (Å²) in [6, 6.07) is 9.54. The molecule has 130 valence electrons. The lowest BCUT2D eigenvalue weighted by atomic mass is 10.0. The zero-order valence-corrected chi connectivity index (χ0v) is 13.7. The summed E-state index contributed by atoms with van der Waals surface area (Å²) >= 11 is 0. The molecule has 1 aliphatic heterocycles. The summed E-state index contributed by atoms with van der Waals surface area (Å²) in [5.74, 6) is -2.73. The van der Waals surface area contributed by atoms with Crippen LogP contribution in [0.2, 0.25) is 0 Å². The smallest absolute Gasteiger partial charge is 0.341 e. The molecule has 2 N–H and O–H groups in total. The summed E-state index contributed by atoms with van der Waals surface area (Å²) in [5, 5.41) is 19.3. The molecule has 1 aromatic carbocycles. The lowest BCUT2D eigenvalue weighted by Crippen LogP contribution is -2.42. The van der Waals surface area contributed by atoms with Crippen molar-refractivity contribution < 1.29 is 19.8 Å². The molecule has 1 amide bonds. The van der Waals surface area contributed by atoms with Crippen LogP contribution in [0.5, 0.6) is 5.75 Å². The Bertz CT molecular complexity index is 888. The Kier molecular flexibility index (Phi) is 4.31. The lowest BCUT2D eigenvalue weighted by Gasteiger charge is -2.34. The van der Waals surface area contributed by atoms with Gasteiger partial charge in [0.2, 0.25) is 5.43 Å². The fraction of sp³-hybridized carbons (Fsp3) is 0.278. The number of likely N-dealkylation sites (N-methyl/N-ethyl adjacent to an activating group) is 1. The molecular weight excluding hydrogens is 324 g/mol. The van der Waals surface area contributed by atoms with E-state index >= 15 is 0 Å². The number of carbonyl (C=O) groups is 2. The van der Waals surface area contributed by atoms with Gasteiger partial charge in [0.15, 0.2) is 11.4 Å². The van der Waals surface area contributed by atoms with E-state index in [9.17, 15) is 24.6 Å². The molecule has 0 spiro atoms. The van der Waals surface area contributed by atoms with Gasteiger partial charge in [0, 0.05) is 19.8 Å². The van der Waals surface area contributed by atoms with Crippen molar-refractivity contribution in [2.75, 3.05) is 13.6 Å². The second-order valence-corrected chi connectivity index (χ2v) is 6.15. The highest BCUT2D eigenvalue weighted by molar-refractivity contribution is 5.97. The van der Waals surface area contributed by atoms with Crippen molar-refractivity contribution in [3.8, 4) is 5.75 Å². The van der Waals surface area contributed by atoms with Gasteiger partial charge in [-0.15, -0.1) is 0 Å². The summed E-state index contributed by atoms with van der Waals surface area (Å²) < 4.78 is 1.44. The van der Waals surface area contributed by atoms with Gasteiger partial charge < -0.3 is 19.7 Å². The van der Waals surface area contributed by atoms with Crippen molar-refractivity contribution in [3.63, 3.8) is 0 Å². The predicted molar refractivity (Wildman–Crippen MR) is 90.1 cm³/mol. The van der Waals surface area contributed by atoms with Crippen LogP contribution in [0.1, 0.15) is 38.9 Å². The van der Waals surface area contributed by atoms with Crippen molar-refractivity contribution in [3.05, 3.63) is 63.6 Å². The summed E-state index contributed by atoms with van der Waals surface area (Å²) in [7, 11) is 1.59. The third-order valence-electron chi connectivity index (χ3n) is 4.48. The number of aryl methyl sites for hydroxylation is 1.